The number of aliphatic hydroxyl groups excluding tert-OH is 2. The maximum absolute atomic E-state index is 8.78. The van der Waals surface area contributed by atoms with Crippen LogP contribution in [0.1, 0.15) is 0 Å². The predicted molar refractivity (Wildman–Crippen MR) is 61.7 cm³/mol. The van der Waals surface area contributed by atoms with E-state index in [1.54, 1.807) is 0 Å². The number of hydrogen-bond donors (Lipinski definition) is 2. The minimum Gasteiger partial charge on any atom is -0.392 e. The summed E-state index contributed by atoms with van der Waals surface area (Å²) in [5, 5.41) is 17.6. The summed E-state index contributed by atoms with van der Waals surface area (Å²) < 4.78 is 0. The first-order valence-electron chi connectivity index (χ1n) is 3.86. The molecule has 0 atom stereocenters. The smallest absolute Gasteiger partial charge is 0.0646 e. The van der Waals surface area contributed by atoms with E-state index in [4.69, 9.17) is 10.2 Å². The standard InChI is InChI=1S/C7H17O2PS2/c1-11-4-5-12-3-2-10(6-8)7-9/h8-9H,2-7H2,1H3. The molecule has 0 aromatic carbocycles. The molecule has 0 aromatic rings. The largest absolute Gasteiger partial charge is 0.392 e. The summed E-state index contributed by atoms with van der Waals surface area (Å²) in [5.41, 5.74) is 0. The number of rotatable bonds is 8. The average Bonchev–Trinajstić information content (AvgIpc) is 2.11. The van der Waals surface area contributed by atoms with Crippen LogP contribution in [0.15, 0.2) is 0 Å². The van der Waals surface area contributed by atoms with Crippen molar-refractivity contribution in [3.05, 3.63) is 0 Å². The van der Waals surface area contributed by atoms with Gasteiger partial charge in [-0.15, -0.1) is 0 Å². The number of aliphatic hydroxyl groups is 2. The Morgan fingerprint density at radius 1 is 1.08 bits per heavy atom. The van der Waals surface area contributed by atoms with Gasteiger partial charge in [-0.05, 0) is 18.2 Å². The van der Waals surface area contributed by atoms with Gasteiger partial charge in [0.05, 0.1) is 12.7 Å². The first-order valence-corrected chi connectivity index (χ1v) is 8.30. The van der Waals surface area contributed by atoms with Crippen molar-refractivity contribution in [3.8, 4) is 0 Å². The van der Waals surface area contributed by atoms with Crippen molar-refractivity contribution in [3.63, 3.8) is 0 Å². The van der Waals surface area contributed by atoms with Crippen LogP contribution in [0.25, 0.3) is 0 Å². The van der Waals surface area contributed by atoms with Gasteiger partial charge in [-0.1, -0.05) is 7.92 Å². The first kappa shape index (κ1) is 13.1. The zero-order chi connectivity index (χ0) is 9.23. The van der Waals surface area contributed by atoms with Crippen LogP contribution in [0, 0.1) is 0 Å². The van der Waals surface area contributed by atoms with E-state index < -0.39 is 7.92 Å². The van der Waals surface area contributed by atoms with Gasteiger partial charge in [-0.25, -0.2) is 0 Å². The summed E-state index contributed by atoms with van der Waals surface area (Å²) >= 11 is 3.77. The van der Waals surface area contributed by atoms with Crippen molar-refractivity contribution < 1.29 is 10.2 Å². The SMILES string of the molecule is CSCCSCCP(CO)CO. The van der Waals surface area contributed by atoms with Gasteiger partial charge >= 0.3 is 0 Å². The average molecular weight is 228 g/mol. The molecular weight excluding hydrogens is 211 g/mol. The summed E-state index contributed by atoms with van der Waals surface area (Å²) in [7, 11) is -0.494. The number of hydrogen-bond acceptors (Lipinski definition) is 4. The molecule has 0 heterocycles. The molecular formula is C7H17O2PS2. The molecule has 2 N–H and O–H groups in total. The van der Waals surface area contributed by atoms with Crippen LogP contribution in [0.4, 0.5) is 0 Å². The molecule has 0 aliphatic carbocycles. The Morgan fingerprint density at radius 3 is 2.25 bits per heavy atom. The third-order valence-corrected chi connectivity index (χ3v) is 5.20. The van der Waals surface area contributed by atoms with E-state index in [1.807, 2.05) is 23.5 Å². The molecule has 5 heteroatoms. The van der Waals surface area contributed by atoms with Crippen LogP contribution in [-0.2, 0) is 0 Å². The second-order valence-electron chi connectivity index (χ2n) is 2.28. The topological polar surface area (TPSA) is 40.5 Å². The third kappa shape index (κ3) is 7.69. The van der Waals surface area contributed by atoms with E-state index in [1.165, 1.54) is 11.5 Å². The Balaban J connectivity index is 3.06. The Hall–Kier alpha value is 1.05. The monoisotopic (exact) mass is 228 g/mol. The third-order valence-electron chi connectivity index (χ3n) is 1.38. The zero-order valence-electron chi connectivity index (χ0n) is 7.40. The van der Waals surface area contributed by atoms with E-state index in [9.17, 15) is 0 Å². The molecule has 0 aliphatic rings. The van der Waals surface area contributed by atoms with Crippen molar-refractivity contribution in [1.29, 1.82) is 0 Å². The highest BCUT2D eigenvalue weighted by molar-refractivity contribution is 8.02. The van der Waals surface area contributed by atoms with Gasteiger partial charge in [0.25, 0.3) is 0 Å². The molecule has 0 rings (SSSR count). The lowest BCUT2D eigenvalue weighted by Gasteiger charge is -2.10. The van der Waals surface area contributed by atoms with E-state index in [-0.39, 0.29) is 12.7 Å². The molecule has 12 heavy (non-hydrogen) atoms. The van der Waals surface area contributed by atoms with Gasteiger partial charge < -0.3 is 10.2 Å². The quantitative estimate of drug-likeness (QED) is 0.487. The molecule has 0 fully saturated rings. The summed E-state index contributed by atoms with van der Waals surface area (Å²) in [6, 6.07) is 0. The van der Waals surface area contributed by atoms with Crippen LogP contribution >= 0.6 is 31.4 Å². The minimum atomic E-state index is -0.494. The van der Waals surface area contributed by atoms with E-state index in [0.717, 1.165) is 11.9 Å². The Labute approximate surface area is 84.3 Å². The first-order chi connectivity index (χ1) is 5.85. The predicted octanol–water partition coefficient (Wildman–Crippen LogP) is 1.46. The van der Waals surface area contributed by atoms with Gasteiger partial charge in [-0.3, -0.25) is 0 Å². The van der Waals surface area contributed by atoms with Crippen molar-refractivity contribution in [2.24, 2.45) is 0 Å². The molecule has 0 saturated heterocycles. The normalized spacial score (nSPS) is 11.0. The van der Waals surface area contributed by atoms with Crippen molar-refractivity contribution in [2.45, 2.75) is 0 Å². The molecule has 2 nitrogen and oxygen atoms in total. The summed E-state index contributed by atoms with van der Waals surface area (Å²) in [5.74, 6) is 3.45. The molecule has 0 saturated carbocycles. The fourth-order valence-electron chi connectivity index (χ4n) is 0.624. The highest BCUT2D eigenvalue weighted by Gasteiger charge is 2.03. The Bertz CT molecular complexity index is 91.5. The molecule has 0 radical (unpaired) electrons. The molecule has 0 aromatic heterocycles. The van der Waals surface area contributed by atoms with E-state index in [2.05, 4.69) is 6.26 Å². The highest BCUT2D eigenvalue weighted by atomic mass is 32.2. The summed E-state index contributed by atoms with van der Waals surface area (Å²) in [6.45, 7) is 0. The Morgan fingerprint density at radius 2 is 1.75 bits per heavy atom. The molecule has 0 spiro atoms. The summed E-state index contributed by atoms with van der Waals surface area (Å²) in [6.07, 6.45) is 3.44. The van der Waals surface area contributed by atoms with Crippen LogP contribution in [0.5, 0.6) is 0 Å². The second-order valence-corrected chi connectivity index (χ2v) is 6.85. The van der Waals surface area contributed by atoms with Crippen LogP contribution < -0.4 is 0 Å². The maximum Gasteiger partial charge on any atom is 0.0646 e. The van der Waals surface area contributed by atoms with Crippen LogP contribution in [0.2, 0.25) is 0 Å². The fourth-order valence-corrected chi connectivity index (χ4v) is 3.89. The summed E-state index contributed by atoms with van der Waals surface area (Å²) in [4.78, 5) is 0. The Kier molecular flexibility index (Phi) is 11.0. The van der Waals surface area contributed by atoms with Gasteiger partial charge in [0.1, 0.15) is 0 Å². The molecule has 0 amide bonds. The van der Waals surface area contributed by atoms with Gasteiger partial charge in [-0.2, -0.15) is 23.5 Å². The lowest BCUT2D eigenvalue weighted by atomic mass is 10.9. The highest BCUT2D eigenvalue weighted by Crippen LogP contribution is 2.32. The van der Waals surface area contributed by atoms with Gasteiger partial charge in [0, 0.05) is 11.5 Å². The lowest BCUT2D eigenvalue weighted by Crippen LogP contribution is -1.97. The molecule has 0 aliphatic heterocycles. The van der Waals surface area contributed by atoms with E-state index >= 15 is 0 Å². The maximum atomic E-state index is 8.78. The second kappa shape index (κ2) is 10.1. The van der Waals surface area contributed by atoms with Crippen LogP contribution in [0.3, 0.4) is 0 Å². The van der Waals surface area contributed by atoms with Gasteiger partial charge in [0.2, 0.25) is 0 Å². The van der Waals surface area contributed by atoms with Crippen molar-refractivity contribution in [1.82, 2.24) is 0 Å². The zero-order valence-corrected chi connectivity index (χ0v) is 9.93. The molecule has 0 unspecified atom stereocenters. The van der Waals surface area contributed by atoms with Crippen molar-refractivity contribution in [2.75, 3.05) is 42.4 Å². The van der Waals surface area contributed by atoms with Gasteiger partial charge in [0.15, 0.2) is 0 Å². The van der Waals surface area contributed by atoms with E-state index in [0.29, 0.717) is 0 Å². The number of thioether (sulfide) groups is 2. The fraction of sp³-hybridized carbons (Fsp3) is 1.00. The minimum absolute atomic E-state index is 0.176. The molecule has 0 bridgehead atoms. The molecule has 74 valence electrons. The lowest BCUT2D eigenvalue weighted by molar-refractivity contribution is 0.344. The van der Waals surface area contributed by atoms with Crippen molar-refractivity contribution >= 4 is 31.4 Å². The van der Waals surface area contributed by atoms with Crippen LogP contribution in [-0.4, -0.2) is 52.6 Å².